The second-order valence-corrected chi connectivity index (χ2v) is 4.94. The number of methoxy groups -OCH3 is 1. The number of ether oxygens (including phenoxy) is 1. The summed E-state index contributed by atoms with van der Waals surface area (Å²) >= 11 is 0. The highest BCUT2D eigenvalue weighted by molar-refractivity contribution is 5.37. The number of hydrogen-bond acceptors (Lipinski definition) is 1. The lowest BCUT2D eigenvalue weighted by molar-refractivity contribution is -0.143. The first-order chi connectivity index (χ1) is 10.6. The third-order valence-corrected chi connectivity index (χ3v) is 3.21. The van der Waals surface area contributed by atoms with Crippen molar-refractivity contribution in [2.45, 2.75) is 18.8 Å². The SMILES string of the molecule is COc1ccc(Cc2cc(C(F)(F)F)cc(C(F)(F)F)c2)cc1. The summed E-state index contributed by atoms with van der Waals surface area (Å²) in [5.74, 6) is 0.550. The molecule has 0 spiro atoms. The number of rotatable bonds is 3. The van der Waals surface area contributed by atoms with Crippen molar-refractivity contribution >= 4 is 0 Å². The summed E-state index contributed by atoms with van der Waals surface area (Å²) in [5.41, 5.74) is -2.10. The fraction of sp³-hybridized carbons (Fsp3) is 0.250. The molecule has 0 unspecified atom stereocenters. The van der Waals surface area contributed by atoms with Gasteiger partial charge in [-0.3, -0.25) is 0 Å². The van der Waals surface area contributed by atoms with Crippen molar-refractivity contribution in [2.75, 3.05) is 7.11 Å². The van der Waals surface area contributed by atoms with Gasteiger partial charge in [-0.25, -0.2) is 0 Å². The van der Waals surface area contributed by atoms with E-state index in [1.807, 2.05) is 0 Å². The molecule has 23 heavy (non-hydrogen) atoms. The first-order valence-corrected chi connectivity index (χ1v) is 6.51. The molecule has 2 rings (SSSR count). The molecule has 0 saturated heterocycles. The van der Waals surface area contributed by atoms with Crippen LogP contribution in [-0.2, 0) is 18.8 Å². The van der Waals surface area contributed by atoms with Crippen LogP contribution in [0, 0.1) is 0 Å². The fourth-order valence-electron chi connectivity index (χ4n) is 2.10. The Balaban J connectivity index is 2.40. The Morgan fingerprint density at radius 1 is 0.739 bits per heavy atom. The zero-order chi connectivity index (χ0) is 17.3. The molecule has 7 heteroatoms. The number of benzene rings is 2. The third kappa shape index (κ3) is 4.40. The van der Waals surface area contributed by atoms with Crippen molar-refractivity contribution in [1.29, 1.82) is 0 Å². The first kappa shape index (κ1) is 17.2. The Bertz CT molecular complexity index is 638. The molecule has 124 valence electrons. The fourth-order valence-corrected chi connectivity index (χ4v) is 2.10. The van der Waals surface area contributed by atoms with Crippen LogP contribution in [0.1, 0.15) is 22.3 Å². The van der Waals surface area contributed by atoms with Crippen molar-refractivity contribution in [1.82, 2.24) is 0 Å². The van der Waals surface area contributed by atoms with Crippen molar-refractivity contribution in [3.63, 3.8) is 0 Å². The zero-order valence-electron chi connectivity index (χ0n) is 11.9. The van der Waals surface area contributed by atoms with Crippen LogP contribution in [0.4, 0.5) is 26.3 Å². The van der Waals surface area contributed by atoms with Gasteiger partial charge in [0.1, 0.15) is 5.75 Å². The first-order valence-electron chi connectivity index (χ1n) is 6.51. The predicted molar refractivity (Wildman–Crippen MR) is 72.2 cm³/mol. The Labute approximate surface area is 128 Å². The van der Waals surface area contributed by atoms with E-state index in [0.717, 1.165) is 12.1 Å². The number of alkyl halides is 6. The quantitative estimate of drug-likeness (QED) is 0.690. The Morgan fingerprint density at radius 2 is 1.22 bits per heavy atom. The van der Waals surface area contributed by atoms with Crippen molar-refractivity contribution < 1.29 is 31.1 Å². The van der Waals surface area contributed by atoms with Crippen molar-refractivity contribution in [3.05, 3.63) is 64.7 Å². The van der Waals surface area contributed by atoms with E-state index in [0.29, 0.717) is 11.3 Å². The molecule has 0 saturated carbocycles. The normalized spacial score (nSPS) is 12.3. The second kappa shape index (κ2) is 6.14. The summed E-state index contributed by atoms with van der Waals surface area (Å²) < 4.78 is 81.7. The zero-order valence-corrected chi connectivity index (χ0v) is 11.9. The van der Waals surface area contributed by atoms with Crippen LogP contribution in [-0.4, -0.2) is 7.11 Å². The van der Waals surface area contributed by atoms with Crippen molar-refractivity contribution in [2.24, 2.45) is 0 Å². The molecule has 2 aromatic rings. The van der Waals surface area contributed by atoms with Gasteiger partial charge >= 0.3 is 12.4 Å². The van der Waals surface area contributed by atoms with Gasteiger partial charge in [0.05, 0.1) is 18.2 Å². The van der Waals surface area contributed by atoms with Gasteiger partial charge in [0, 0.05) is 0 Å². The van der Waals surface area contributed by atoms with E-state index in [1.165, 1.54) is 7.11 Å². The van der Waals surface area contributed by atoms with E-state index in [2.05, 4.69) is 0 Å². The van der Waals surface area contributed by atoms with Crippen LogP contribution in [0.25, 0.3) is 0 Å². The monoisotopic (exact) mass is 334 g/mol. The topological polar surface area (TPSA) is 9.23 Å². The molecule has 0 N–H and O–H groups in total. The Hall–Kier alpha value is -2.18. The molecule has 0 fully saturated rings. The molecular weight excluding hydrogens is 322 g/mol. The van der Waals surface area contributed by atoms with Crippen molar-refractivity contribution in [3.8, 4) is 5.75 Å². The van der Waals surface area contributed by atoms with Crippen LogP contribution < -0.4 is 4.74 Å². The van der Waals surface area contributed by atoms with E-state index < -0.39 is 23.5 Å². The summed E-state index contributed by atoms with van der Waals surface area (Å²) in [5, 5.41) is 0. The van der Waals surface area contributed by atoms with Gasteiger partial charge in [-0.15, -0.1) is 0 Å². The molecule has 0 radical (unpaired) electrons. The van der Waals surface area contributed by atoms with E-state index in [1.54, 1.807) is 24.3 Å². The highest BCUT2D eigenvalue weighted by atomic mass is 19.4. The molecule has 0 aliphatic carbocycles. The average Bonchev–Trinajstić information content (AvgIpc) is 2.46. The van der Waals surface area contributed by atoms with Gasteiger partial charge in [0.25, 0.3) is 0 Å². The minimum atomic E-state index is -4.84. The standard InChI is InChI=1S/C16H12F6O/c1-23-14-4-2-10(3-5-14)6-11-7-12(15(17,18)19)9-13(8-11)16(20,21)22/h2-5,7-9H,6H2,1H3. The molecule has 0 aliphatic rings. The summed E-state index contributed by atoms with van der Waals surface area (Å²) in [6, 6.07) is 7.95. The lowest BCUT2D eigenvalue weighted by atomic mass is 9.99. The van der Waals surface area contributed by atoms with Gasteiger partial charge in [0.15, 0.2) is 0 Å². The van der Waals surface area contributed by atoms with Gasteiger partial charge in [-0.1, -0.05) is 12.1 Å². The van der Waals surface area contributed by atoms with Gasteiger partial charge in [-0.2, -0.15) is 26.3 Å². The summed E-state index contributed by atoms with van der Waals surface area (Å²) in [6.45, 7) is 0. The maximum atomic E-state index is 12.8. The maximum Gasteiger partial charge on any atom is 0.416 e. The molecule has 0 aromatic heterocycles. The molecule has 1 nitrogen and oxygen atoms in total. The summed E-state index contributed by atoms with van der Waals surface area (Å²) in [4.78, 5) is 0. The molecule has 2 aromatic carbocycles. The predicted octanol–water partition coefficient (Wildman–Crippen LogP) is 5.32. The van der Waals surface area contributed by atoms with Gasteiger partial charge < -0.3 is 4.74 Å². The van der Waals surface area contributed by atoms with E-state index in [-0.39, 0.29) is 18.1 Å². The minimum Gasteiger partial charge on any atom is -0.497 e. The molecule has 0 heterocycles. The Kier molecular flexibility index (Phi) is 4.58. The highest BCUT2D eigenvalue weighted by Gasteiger charge is 2.36. The molecular formula is C16H12F6O. The van der Waals surface area contributed by atoms with Crippen LogP contribution in [0.5, 0.6) is 5.75 Å². The largest absolute Gasteiger partial charge is 0.497 e. The Morgan fingerprint density at radius 3 is 1.61 bits per heavy atom. The second-order valence-electron chi connectivity index (χ2n) is 4.94. The summed E-state index contributed by atoms with van der Waals surface area (Å²) in [6.07, 6.45) is -9.72. The van der Waals surface area contributed by atoms with Crippen LogP contribution in [0.3, 0.4) is 0 Å². The molecule has 0 atom stereocenters. The minimum absolute atomic E-state index is 0.0446. The van der Waals surface area contributed by atoms with E-state index in [4.69, 9.17) is 4.74 Å². The lowest BCUT2D eigenvalue weighted by Gasteiger charge is -2.14. The van der Waals surface area contributed by atoms with Gasteiger partial charge in [-0.05, 0) is 47.9 Å². The molecule has 0 amide bonds. The van der Waals surface area contributed by atoms with Crippen LogP contribution in [0.2, 0.25) is 0 Å². The smallest absolute Gasteiger partial charge is 0.416 e. The van der Waals surface area contributed by atoms with Crippen LogP contribution >= 0.6 is 0 Å². The van der Waals surface area contributed by atoms with E-state index >= 15 is 0 Å². The lowest BCUT2D eigenvalue weighted by Crippen LogP contribution is -2.12. The van der Waals surface area contributed by atoms with Crippen LogP contribution in [0.15, 0.2) is 42.5 Å². The molecule has 0 bridgehead atoms. The maximum absolute atomic E-state index is 12.8. The highest BCUT2D eigenvalue weighted by Crippen LogP contribution is 2.36. The third-order valence-electron chi connectivity index (χ3n) is 3.21. The van der Waals surface area contributed by atoms with E-state index in [9.17, 15) is 26.3 Å². The number of halogens is 6. The number of hydrogen-bond donors (Lipinski definition) is 0. The van der Waals surface area contributed by atoms with Gasteiger partial charge in [0.2, 0.25) is 0 Å². The molecule has 0 aliphatic heterocycles. The average molecular weight is 334 g/mol. The summed E-state index contributed by atoms with van der Waals surface area (Å²) in [7, 11) is 1.46.